The molecular formula is C29H23BrF2O2. The van der Waals surface area contributed by atoms with Gasteiger partial charge < -0.3 is 8.83 Å². The van der Waals surface area contributed by atoms with E-state index in [0.29, 0.717) is 22.3 Å². The summed E-state index contributed by atoms with van der Waals surface area (Å²) in [5, 5.41) is 4.05. The first-order chi connectivity index (χ1) is 16.2. The van der Waals surface area contributed by atoms with E-state index in [4.69, 9.17) is 8.83 Å². The normalized spacial score (nSPS) is 11.5. The average molecular weight is 521 g/mol. The molecule has 0 radical (unpaired) electrons. The number of hydrogen-bond donors (Lipinski definition) is 0. The molecule has 4 aromatic carbocycles. The lowest BCUT2D eigenvalue weighted by Crippen LogP contribution is -1.80. The van der Waals surface area contributed by atoms with E-state index < -0.39 is 0 Å². The van der Waals surface area contributed by atoms with Gasteiger partial charge >= 0.3 is 0 Å². The van der Waals surface area contributed by atoms with Crippen LogP contribution in [0.25, 0.3) is 43.9 Å². The molecule has 0 atom stereocenters. The van der Waals surface area contributed by atoms with E-state index in [0.717, 1.165) is 48.3 Å². The maximum absolute atomic E-state index is 13.5. The lowest BCUT2D eigenvalue weighted by atomic mass is 10.1. The number of rotatable bonds is 0. The van der Waals surface area contributed by atoms with E-state index >= 15 is 0 Å². The van der Waals surface area contributed by atoms with E-state index in [2.05, 4.69) is 41.1 Å². The molecule has 5 heteroatoms. The molecule has 0 amide bonds. The van der Waals surface area contributed by atoms with Crippen molar-refractivity contribution in [2.45, 2.75) is 34.6 Å². The summed E-state index contributed by atoms with van der Waals surface area (Å²) in [6, 6.07) is 14.8. The fourth-order valence-electron chi connectivity index (χ4n) is 4.55. The minimum absolute atomic E-state index is 0.217. The fourth-order valence-corrected chi connectivity index (χ4v) is 5.20. The van der Waals surface area contributed by atoms with Crippen molar-refractivity contribution in [2.75, 3.05) is 0 Å². The SMILES string of the molecule is Cc1cc(Br)c2oc3c(C)c(F)ccc3c2c1.Cc1cc(C)c2oc3c(C)c(F)ccc3c2c1. The van der Waals surface area contributed by atoms with Crippen LogP contribution < -0.4 is 0 Å². The lowest BCUT2D eigenvalue weighted by Gasteiger charge is -1.97. The molecule has 172 valence electrons. The third kappa shape index (κ3) is 3.59. The molecule has 0 unspecified atom stereocenters. The van der Waals surface area contributed by atoms with Crippen molar-refractivity contribution in [3.8, 4) is 0 Å². The van der Waals surface area contributed by atoms with Crippen molar-refractivity contribution in [1.29, 1.82) is 0 Å². The highest BCUT2D eigenvalue weighted by Gasteiger charge is 2.15. The first kappa shape index (κ1) is 22.6. The van der Waals surface area contributed by atoms with E-state index in [1.165, 1.54) is 17.7 Å². The van der Waals surface area contributed by atoms with Crippen molar-refractivity contribution in [3.05, 3.63) is 92.5 Å². The third-order valence-electron chi connectivity index (χ3n) is 6.28. The van der Waals surface area contributed by atoms with Crippen LogP contribution in [-0.2, 0) is 0 Å². The van der Waals surface area contributed by atoms with Gasteiger partial charge in [-0.15, -0.1) is 0 Å². The number of hydrogen-bond acceptors (Lipinski definition) is 2. The van der Waals surface area contributed by atoms with Gasteiger partial charge in [0.2, 0.25) is 0 Å². The van der Waals surface area contributed by atoms with E-state index in [9.17, 15) is 8.78 Å². The molecule has 34 heavy (non-hydrogen) atoms. The Morgan fingerprint density at radius 3 is 1.59 bits per heavy atom. The topological polar surface area (TPSA) is 26.3 Å². The van der Waals surface area contributed by atoms with Gasteiger partial charge in [0.1, 0.15) is 34.0 Å². The molecule has 6 aromatic rings. The Morgan fingerprint density at radius 2 is 1.03 bits per heavy atom. The largest absolute Gasteiger partial charge is 0.455 e. The van der Waals surface area contributed by atoms with Gasteiger partial charge in [-0.1, -0.05) is 6.07 Å². The van der Waals surface area contributed by atoms with Crippen LogP contribution in [0.5, 0.6) is 0 Å². The molecule has 0 fully saturated rings. The molecule has 0 saturated heterocycles. The summed E-state index contributed by atoms with van der Waals surface area (Å²) in [6.07, 6.45) is 0. The highest BCUT2D eigenvalue weighted by molar-refractivity contribution is 9.10. The Morgan fingerprint density at radius 1 is 0.559 bits per heavy atom. The summed E-state index contributed by atoms with van der Waals surface area (Å²) in [5.41, 5.74) is 7.50. The minimum Gasteiger partial charge on any atom is -0.455 e. The maximum Gasteiger partial charge on any atom is 0.149 e. The summed E-state index contributed by atoms with van der Waals surface area (Å²) in [7, 11) is 0. The van der Waals surface area contributed by atoms with Crippen LogP contribution in [-0.4, -0.2) is 0 Å². The van der Waals surface area contributed by atoms with Gasteiger partial charge in [0, 0.05) is 32.7 Å². The van der Waals surface area contributed by atoms with Gasteiger partial charge in [-0.05, 0) is 110 Å². The zero-order valence-corrected chi connectivity index (χ0v) is 21.2. The zero-order valence-electron chi connectivity index (χ0n) is 19.6. The Bertz CT molecular complexity index is 1610. The Balaban J connectivity index is 0.000000142. The predicted molar refractivity (Wildman–Crippen MR) is 139 cm³/mol. The van der Waals surface area contributed by atoms with Crippen molar-refractivity contribution in [1.82, 2.24) is 0 Å². The molecule has 0 bridgehead atoms. The Kier molecular flexibility index (Phi) is 5.48. The molecule has 0 aliphatic rings. The van der Waals surface area contributed by atoms with E-state index in [1.807, 2.05) is 19.9 Å². The van der Waals surface area contributed by atoms with Crippen LogP contribution in [0.1, 0.15) is 27.8 Å². The number of halogens is 3. The second-order valence-corrected chi connectivity index (χ2v) is 9.74. The summed E-state index contributed by atoms with van der Waals surface area (Å²) in [4.78, 5) is 0. The first-order valence-corrected chi connectivity index (χ1v) is 11.8. The van der Waals surface area contributed by atoms with Gasteiger partial charge in [0.15, 0.2) is 0 Å². The van der Waals surface area contributed by atoms with Crippen LogP contribution in [0.3, 0.4) is 0 Å². The lowest BCUT2D eigenvalue weighted by molar-refractivity contribution is 0.606. The average Bonchev–Trinajstić information content (AvgIpc) is 3.34. The van der Waals surface area contributed by atoms with Crippen molar-refractivity contribution in [3.63, 3.8) is 0 Å². The van der Waals surface area contributed by atoms with Crippen LogP contribution in [0.15, 0.2) is 61.8 Å². The number of benzene rings is 4. The monoisotopic (exact) mass is 520 g/mol. The zero-order chi connectivity index (χ0) is 24.3. The second-order valence-electron chi connectivity index (χ2n) is 8.88. The van der Waals surface area contributed by atoms with Gasteiger partial charge in [0.05, 0.1) is 4.47 Å². The summed E-state index contributed by atoms with van der Waals surface area (Å²) < 4.78 is 39.5. The molecule has 0 saturated carbocycles. The molecule has 2 heterocycles. The van der Waals surface area contributed by atoms with Gasteiger partial charge in [-0.3, -0.25) is 0 Å². The van der Waals surface area contributed by atoms with Crippen LogP contribution in [0.2, 0.25) is 0 Å². The van der Waals surface area contributed by atoms with E-state index in [1.54, 1.807) is 26.0 Å². The fraction of sp³-hybridized carbons (Fsp3) is 0.172. The smallest absolute Gasteiger partial charge is 0.149 e. The Labute approximate surface area is 204 Å². The predicted octanol–water partition coefficient (Wildman–Crippen LogP) is 9.75. The van der Waals surface area contributed by atoms with Gasteiger partial charge in [0.25, 0.3) is 0 Å². The van der Waals surface area contributed by atoms with Gasteiger partial charge in [-0.2, -0.15) is 0 Å². The molecule has 0 spiro atoms. The van der Waals surface area contributed by atoms with Crippen LogP contribution in [0, 0.1) is 46.3 Å². The number of furan rings is 2. The van der Waals surface area contributed by atoms with Crippen molar-refractivity contribution in [2.24, 2.45) is 0 Å². The van der Waals surface area contributed by atoms with Crippen molar-refractivity contribution < 1.29 is 17.6 Å². The molecular weight excluding hydrogens is 498 g/mol. The standard InChI is InChI=1S/C15H13FO.C14H10BrFO/c1-8-6-9(2)14-12(7-8)11-4-5-13(16)10(3)15(11)17-14;1-7-5-10-9-3-4-12(16)8(2)13(9)17-14(10)11(15)6-7/h4-7H,1-3H3;3-6H,1-2H3. The minimum atomic E-state index is -0.232. The summed E-state index contributed by atoms with van der Waals surface area (Å²) >= 11 is 3.48. The first-order valence-electron chi connectivity index (χ1n) is 11.0. The third-order valence-corrected chi connectivity index (χ3v) is 6.86. The molecule has 6 rings (SSSR count). The molecule has 0 aliphatic carbocycles. The van der Waals surface area contributed by atoms with Crippen LogP contribution >= 0.6 is 15.9 Å². The summed E-state index contributed by atoms with van der Waals surface area (Å²) in [5.74, 6) is -0.449. The number of fused-ring (bicyclic) bond motifs is 6. The van der Waals surface area contributed by atoms with Crippen LogP contribution in [0.4, 0.5) is 8.78 Å². The molecule has 0 N–H and O–H groups in total. The Hall–Kier alpha value is -3.18. The highest BCUT2D eigenvalue weighted by Crippen LogP contribution is 2.36. The summed E-state index contributed by atoms with van der Waals surface area (Å²) in [6.45, 7) is 9.59. The highest BCUT2D eigenvalue weighted by atomic mass is 79.9. The quantitative estimate of drug-likeness (QED) is 0.199. The second kappa shape index (κ2) is 8.24. The van der Waals surface area contributed by atoms with E-state index in [-0.39, 0.29) is 11.6 Å². The maximum atomic E-state index is 13.5. The molecule has 2 nitrogen and oxygen atoms in total. The van der Waals surface area contributed by atoms with Gasteiger partial charge in [-0.25, -0.2) is 8.78 Å². The van der Waals surface area contributed by atoms with Crippen molar-refractivity contribution >= 4 is 59.8 Å². The molecule has 0 aliphatic heterocycles. The number of aryl methyl sites for hydroxylation is 5. The molecule has 2 aromatic heterocycles.